The van der Waals surface area contributed by atoms with Crippen molar-refractivity contribution in [1.29, 1.82) is 0 Å². The Bertz CT molecular complexity index is 249. The smallest absolute Gasteiger partial charge is 0.136 e. The molecule has 0 saturated carbocycles. The van der Waals surface area contributed by atoms with Crippen LogP contribution in [-0.2, 0) is 4.79 Å². The number of carbonyl (C=O) groups is 1. The molecule has 0 spiro atoms. The molecule has 0 amide bonds. The van der Waals surface area contributed by atoms with Crippen molar-refractivity contribution >= 4 is 5.78 Å². The first kappa shape index (κ1) is 8.75. The lowest BCUT2D eigenvalue weighted by molar-refractivity contribution is -0.123. The summed E-state index contributed by atoms with van der Waals surface area (Å²) in [5.41, 5.74) is 0.997. The Morgan fingerprint density at radius 3 is 3.00 bits per heavy atom. The number of aliphatic hydroxyl groups is 1. The van der Waals surface area contributed by atoms with Gasteiger partial charge in [0, 0.05) is 37.5 Å². The van der Waals surface area contributed by atoms with Crippen LogP contribution in [0.15, 0.2) is 12.3 Å². The van der Waals surface area contributed by atoms with Crippen LogP contribution in [0, 0.1) is 0 Å². The van der Waals surface area contributed by atoms with Gasteiger partial charge >= 0.3 is 0 Å². The van der Waals surface area contributed by atoms with Crippen LogP contribution in [-0.4, -0.2) is 34.5 Å². The highest BCUT2D eigenvalue weighted by atomic mass is 16.3. The van der Waals surface area contributed by atoms with Crippen molar-refractivity contribution in [1.82, 2.24) is 4.90 Å². The minimum Gasteiger partial charge on any atom is -0.393 e. The van der Waals surface area contributed by atoms with Crippen LogP contribution >= 0.6 is 0 Å². The largest absolute Gasteiger partial charge is 0.393 e. The zero-order valence-corrected chi connectivity index (χ0v) is 7.70. The number of ketones is 1. The maximum atomic E-state index is 11.2. The number of hydrogen-bond donors (Lipinski definition) is 1. The monoisotopic (exact) mass is 181 g/mol. The minimum absolute atomic E-state index is 0.220. The number of Topliss-reactive ketones (excluding diaryl/α,β-unsaturated/α-hetero) is 1. The van der Waals surface area contributed by atoms with Gasteiger partial charge in [-0.05, 0) is 6.42 Å². The molecule has 3 nitrogen and oxygen atoms in total. The van der Waals surface area contributed by atoms with Crippen LogP contribution in [0.2, 0.25) is 0 Å². The van der Waals surface area contributed by atoms with Crippen LogP contribution in [0.4, 0.5) is 0 Å². The molecule has 2 aliphatic rings. The van der Waals surface area contributed by atoms with E-state index in [0.717, 1.165) is 18.7 Å². The molecule has 2 unspecified atom stereocenters. The molecule has 2 rings (SSSR count). The zero-order chi connectivity index (χ0) is 9.42. The lowest BCUT2D eigenvalue weighted by Gasteiger charge is -2.43. The quantitative estimate of drug-likeness (QED) is 0.597. The fourth-order valence-electron chi connectivity index (χ4n) is 2.32. The van der Waals surface area contributed by atoms with E-state index in [0.29, 0.717) is 25.0 Å². The number of aliphatic hydroxyl groups excluding tert-OH is 1. The van der Waals surface area contributed by atoms with Crippen molar-refractivity contribution in [2.24, 2.45) is 0 Å². The van der Waals surface area contributed by atoms with Gasteiger partial charge in [0.1, 0.15) is 5.78 Å². The first-order chi connectivity index (χ1) is 6.16. The summed E-state index contributed by atoms with van der Waals surface area (Å²) in [7, 11) is 0. The maximum Gasteiger partial charge on any atom is 0.136 e. The highest BCUT2D eigenvalue weighted by Gasteiger charge is 2.33. The van der Waals surface area contributed by atoms with Gasteiger partial charge in [-0.3, -0.25) is 4.79 Å². The lowest BCUT2D eigenvalue weighted by atomic mass is 9.89. The van der Waals surface area contributed by atoms with E-state index < -0.39 is 0 Å². The van der Waals surface area contributed by atoms with Gasteiger partial charge in [0.2, 0.25) is 0 Å². The molecule has 2 saturated heterocycles. The van der Waals surface area contributed by atoms with E-state index in [4.69, 9.17) is 0 Å². The summed E-state index contributed by atoms with van der Waals surface area (Å²) in [5, 5.41) is 9.51. The topological polar surface area (TPSA) is 40.5 Å². The van der Waals surface area contributed by atoms with E-state index in [1.54, 1.807) is 0 Å². The Morgan fingerprint density at radius 2 is 2.23 bits per heavy atom. The molecular formula is C10H15NO2. The summed E-state index contributed by atoms with van der Waals surface area (Å²) in [6.45, 7) is 4.73. The SMILES string of the molecule is C=C1CC(O)CC2CC(=O)CCN12. The minimum atomic E-state index is -0.292. The third-order valence-corrected chi connectivity index (χ3v) is 2.96. The van der Waals surface area contributed by atoms with Crippen molar-refractivity contribution in [3.8, 4) is 0 Å². The lowest BCUT2D eigenvalue weighted by Crippen LogP contribution is -2.47. The second kappa shape index (κ2) is 3.14. The van der Waals surface area contributed by atoms with Gasteiger partial charge in [-0.25, -0.2) is 0 Å². The Morgan fingerprint density at radius 1 is 1.46 bits per heavy atom. The van der Waals surface area contributed by atoms with Crippen molar-refractivity contribution in [3.05, 3.63) is 12.3 Å². The fourth-order valence-corrected chi connectivity index (χ4v) is 2.32. The normalized spacial score (nSPS) is 34.7. The fraction of sp³-hybridized carbons (Fsp3) is 0.700. The average molecular weight is 181 g/mol. The molecule has 2 atom stereocenters. The molecule has 2 heterocycles. The molecule has 72 valence electrons. The predicted molar refractivity (Wildman–Crippen MR) is 49.1 cm³/mol. The number of carbonyl (C=O) groups excluding carboxylic acids is 1. The van der Waals surface area contributed by atoms with Gasteiger partial charge < -0.3 is 10.0 Å². The van der Waals surface area contributed by atoms with E-state index in [9.17, 15) is 9.90 Å². The molecule has 0 aliphatic carbocycles. The molecule has 0 aromatic heterocycles. The van der Waals surface area contributed by atoms with E-state index in [-0.39, 0.29) is 12.1 Å². The van der Waals surface area contributed by atoms with Crippen LogP contribution < -0.4 is 0 Å². The highest BCUT2D eigenvalue weighted by Crippen LogP contribution is 2.30. The second-order valence-electron chi connectivity index (χ2n) is 4.00. The Labute approximate surface area is 78.0 Å². The highest BCUT2D eigenvalue weighted by molar-refractivity contribution is 5.80. The van der Waals surface area contributed by atoms with Gasteiger partial charge in [0.25, 0.3) is 0 Å². The molecule has 0 aromatic carbocycles. The Balaban J connectivity index is 2.10. The number of hydrogen-bond acceptors (Lipinski definition) is 3. The van der Waals surface area contributed by atoms with Crippen molar-refractivity contribution in [2.75, 3.05) is 6.54 Å². The molecule has 1 N–H and O–H groups in total. The second-order valence-corrected chi connectivity index (χ2v) is 4.00. The Kier molecular flexibility index (Phi) is 2.12. The molecule has 3 heteroatoms. The molecule has 0 aromatic rings. The molecule has 2 aliphatic heterocycles. The third kappa shape index (κ3) is 1.61. The first-order valence-corrected chi connectivity index (χ1v) is 4.81. The van der Waals surface area contributed by atoms with Crippen molar-refractivity contribution < 1.29 is 9.90 Å². The number of nitrogens with zero attached hydrogens (tertiary/aromatic N) is 1. The Hall–Kier alpha value is -0.830. The summed E-state index contributed by atoms with van der Waals surface area (Å²) in [5.74, 6) is 0.322. The maximum absolute atomic E-state index is 11.2. The van der Waals surface area contributed by atoms with Crippen LogP contribution in [0.3, 0.4) is 0 Å². The third-order valence-electron chi connectivity index (χ3n) is 2.96. The summed E-state index contributed by atoms with van der Waals surface area (Å²) in [6.07, 6.45) is 2.34. The summed E-state index contributed by atoms with van der Waals surface area (Å²) in [6, 6.07) is 0.220. The standard InChI is InChI=1S/C10H15NO2/c1-7-4-10(13)6-8-5-9(12)2-3-11(7)8/h8,10,13H,1-6H2. The van der Waals surface area contributed by atoms with E-state index in [1.807, 2.05) is 0 Å². The van der Waals surface area contributed by atoms with Gasteiger partial charge in [0.05, 0.1) is 6.10 Å². The van der Waals surface area contributed by atoms with Crippen LogP contribution in [0.1, 0.15) is 25.7 Å². The zero-order valence-electron chi connectivity index (χ0n) is 7.70. The average Bonchev–Trinajstić information content (AvgIpc) is 2.02. The molecule has 0 bridgehead atoms. The summed E-state index contributed by atoms with van der Waals surface area (Å²) >= 11 is 0. The molecule has 2 fully saturated rings. The first-order valence-electron chi connectivity index (χ1n) is 4.81. The number of piperidine rings is 2. The molecule has 0 radical (unpaired) electrons. The van der Waals surface area contributed by atoms with Crippen LogP contribution in [0.5, 0.6) is 0 Å². The summed E-state index contributed by atoms with van der Waals surface area (Å²) in [4.78, 5) is 13.4. The molecular weight excluding hydrogens is 166 g/mol. The van der Waals surface area contributed by atoms with E-state index >= 15 is 0 Å². The van der Waals surface area contributed by atoms with Gasteiger partial charge in [-0.1, -0.05) is 6.58 Å². The van der Waals surface area contributed by atoms with E-state index in [1.165, 1.54) is 0 Å². The van der Waals surface area contributed by atoms with E-state index in [2.05, 4.69) is 11.5 Å². The van der Waals surface area contributed by atoms with Crippen molar-refractivity contribution in [2.45, 2.75) is 37.8 Å². The van der Waals surface area contributed by atoms with Crippen molar-refractivity contribution in [3.63, 3.8) is 0 Å². The molecule has 13 heavy (non-hydrogen) atoms. The number of rotatable bonds is 0. The van der Waals surface area contributed by atoms with Gasteiger partial charge in [0.15, 0.2) is 0 Å². The van der Waals surface area contributed by atoms with Gasteiger partial charge in [-0.15, -0.1) is 0 Å². The van der Waals surface area contributed by atoms with Gasteiger partial charge in [-0.2, -0.15) is 0 Å². The predicted octanol–water partition coefficient (Wildman–Crippen LogP) is 0.688. The number of fused-ring (bicyclic) bond motifs is 1. The van der Waals surface area contributed by atoms with Crippen LogP contribution in [0.25, 0.3) is 0 Å². The summed E-state index contributed by atoms with van der Waals surface area (Å²) < 4.78 is 0.